The molecule has 17 atom stereocenters. The number of esters is 1. The van der Waals surface area contributed by atoms with Gasteiger partial charge in [-0.25, -0.2) is 4.79 Å². The molecule has 3 aliphatic heterocycles. The number of fused-ring (bicyclic) bond motifs is 5. The Labute approximate surface area is 271 Å². The molecule has 7 aliphatic rings. The first-order valence-corrected chi connectivity index (χ1v) is 17.7. The Hall–Kier alpha value is -1.15. The molecule has 260 valence electrons. The molecule has 0 amide bonds. The van der Waals surface area contributed by atoms with Crippen molar-refractivity contribution in [3.05, 3.63) is 11.6 Å². The van der Waals surface area contributed by atoms with Gasteiger partial charge in [-0.3, -0.25) is 0 Å². The summed E-state index contributed by atoms with van der Waals surface area (Å²) in [4.78, 5) is 11.9. The predicted molar refractivity (Wildman–Crippen MR) is 163 cm³/mol. The molecule has 0 aromatic heterocycles. The molecule has 11 nitrogen and oxygen atoms in total. The van der Waals surface area contributed by atoms with Crippen molar-refractivity contribution in [1.82, 2.24) is 0 Å². The Morgan fingerprint density at radius 2 is 1.54 bits per heavy atom. The monoisotopic (exact) mass is 650 g/mol. The van der Waals surface area contributed by atoms with Gasteiger partial charge in [-0.15, -0.1) is 0 Å². The molecule has 4 aliphatic carbocycles. The Kier molecular flexibility index (Phi) is 8.71. The number of ether oxygens (including phenoxy) is 5. The molecule has 2 unspecified atom stereocenters. The molecule has 4 saturated carbocycles. The lowest BCUT2D eigenvalue weighted by Crippen LogP contribution is -2.67. The van der Waals surface area contributed by atoms with Crippen LogP contribution < -0.4 is 0 Å². The predicted octanol–water partition coefficient (Wildman–Crippen LogP) is 2.34. The van der Waals surface area contributed by atoms with E-state index < -0.39 is 66.3 Å². The third kappa shape index (κ3) is 5.22. The number of carbonyl (C=O) groups excluding carboxylic acids is 1. The first-order chi connectivity index (χ1) is 21.7. The Balaban J connectivity index is 0.976. The summed E-state index contributed by atoms with van der Waals surface area (Å²) in [5.74, 6) is 0.294. The van der Waals surface area contributed by atoms with Crippen molar-refractivity contribution in [3.63, 3.8) is 0 Å². The van der Waals surface area contributed by atoms with Crippen LogP contribution >= 0.6 is 0 Å². The maximum atomic E-state index is 12.5. The van der Waals surface area contributed by atoms with E-state index >= 15 is 0 Å². The highest BCUT2D eigenvalue weighted by Gasteiger charge is 2.70. The second kappa shape index (κ2) is 12.0. The van der Waals surface area contributed by atoms with Crippen LogP contribution in [0.2, 0.25) is 0 Å². The first kappa shape index (κ1) is 33.4. The first-order valence-electron chi connectivity index (χ1n) is 17.7. The fraction of sp³-hybridized carbons (Fsp3) is 0.914. The molecule has 0 radical (unpaired) electrons. The fourth-order valence-electron chi connectivity index (χ4n) is 11.3. The van der Waals surface area contributed by atoms with E-state index in [0.717, 1.165) is 44.1 Å². The standard InChI is InChI=1S/C35H54O11/c1-17-31(40)25(36)14-30(43-17)46-32-18(2)44-29(15-26(32)37)45-21-7-9-33(3)20(12-21)5-6-23-24(33)13-27(38)34(4)22(8-10-35(23,34)41)19-11-28(39)42-16-19/h11,17-18,20-27,29-32,36-38,40-41H,5-10,12-16H2,1-4H3/t17?,18?,20-,21+,22-,23-,24+,25-,26-,27-,29+,30+,31-,32-,33+,34+,35+/m1/s1. The van der Waals surface area contributed by atoms with Crippen molar-refractivity contribution in [3.8, 4) is 0 Å². The summed E-state index contributed by atoms with van der Waals surface area (Å²) < 4.78 is 29.7. The van der Waals surface area contributed by atoms with Crippen LogP contribution in [0.4, 0.5) is 0 Å². The van der Waals surface area contributed by atoms with E-state index in [0.29, 0.717) is 18.8 Å². The van der Waals surface area contributed by atoms with Gasteiger partial charge in [0.1, 0.15) is 18.8 Å². The molecular weight excluding hydrogens is 596 g/mol. The van der Waals surface area contributed by atoms with Crippen LogP contribution in [0.3, 0.4) is 0 Å². The van der Waals surface area contributed by atoms with Gasteiger partial charge in [0.25, 0.3) is 0 Å². The molecule has 0 bridgehead atoms. The maximum Gasteiger partial charge on any atom is 0.331 e. The maximum absolute atomic E-state index is 12.5. The number of rotatable bonds is 5. The average molecular weight is 651 g/mol. The van der Waals surface area contributed by atoms with E-state index in [-0.39, 0.29) is 54.7 Å². The summed E-state index contributed by atoms with van der Waals surface area (Å²) in [6.45, 7) is 8.18. The van der Waals surface area contributed by atoms with E-state index in [9.17, 15) is 30.3 Å². The van der Waals surface area contributed by atoms with E-state index in [1.165, 1.54) is 0 Å². The minimum atomic E-state index is -0.993. The Morgan fingerprint density at radius 3 is 2.24 bits per heavy atom. The zero-order valence-electron chi connectivity index (χ0n) is 27.6. The number of aliphatic hydroxyl groups excluding tert-OH is 4. The van der Waals surface area contributed by atoms with Gasteiger partial charge in [0.15, 0.2) is 12.6 Å². The van der Waals surface area contributed by atoms with Gasteiger partial charge in [-0.2, -0.15) is 0 Å². The summed E-state index contributed by atoms with van der Waals surface area (Å²) in [7, 11) is 0. The van der Waals surface area contributed by atoms with Crippen molar-refractivity contribution in [2.75, 3.05) is 6.61 Å². The van der Waals surface area contributed by atoms with E-state index in [1.807, 2.05) is 13.8 Å². The zero-order chi connectivity index (χ0) is 32.8. The van der Waals surface area contributed by atoms with Gasteiger partial charge in [-0.1, -0.05) is 13.8 Å². The van der Waals surface area contributed by atoms with Crippen LogP contribution in [0.25, 0.3) is 0 Å². The van der Waals surface area contributed by atoms with Crippen LogP contribution in [0, 0.1) is 34.5 Å². The second-order valence-corrected chi connectivity index (χ2v) is 16.1. The number of cyclic esters (lactones) is 1. The van der Waals surface area contributed by atoms with Crippen molar-refractivity contribution in [2.24, 2.45) is 34.5 Å². The lowest BCUT2D eigenvalue weighted by atomic mass is 9.42. The van der Waals surface area contributed by atoms with Crippen molar-refractivity contribution >= 4 is 5.97 Å². The van der Waals surface area contributed by atoms with Crippen LogP contribution in [0.1, 0.15) is 91.9 Å². The van der Waals surface area contributed by atoms with Crippen molar-refractivity contribution in [1.29, 1.82) is 0 Å². The zero-order valence-corrected chi connectivity index (χ0v) is 27.6. The van der Waals surface area contributed by atoms with Gasteiger partial charge in [-0.05, 0) is 99.9 Å². The van der Waals surface area contributed by atoms with Gasteiger partial charge < -0.3 is 49.2 Å². The van der Waals surface area contributed by atoms with Crippen LogP contribution in [0.15, 0.2) is 11.6 Å². The molecule has 0 spiro atoms. The average Bonchev–Trinajstić information content (AvgIpc) is 3.55. The summed E-state index contributed by atoms with van der Waals surface area (Å²) in [6, 6.07) is 0. The third-order valence-corrected chi connectivity index (χ3v) is 14.0. The normalized spacial score (nSPS) is 55.6. The van der Waals surface area contributed by atoms with Crippen LogP contribution in [-0.2, 0) is 28.5 Å². The molecule has 3 heterocycles. The van der Waals surface area contributed by atoms with E-state index in [2.05, 4.69) is 6.92 Å². The van der Waals surface area contributed by atoms with Crippen molar-refractivity contribution in [2.45, 2.75) is 159 Å². The van der Waals surface area contributed by atoms with Crippen molar-refractivity contribution < 1.29 is 54.0 Å². The number of carbonyl (C=O) groups is 1. The Morgan fingerprint density at radius 1 is 0.826 bits per heavy atom. The fourth-order valence-corrected chi connectivity index (χ4v) is 11.3. The molecular formula is C35H54O11. The highest BCUT2D eigenvalue weighted by atomic mass is 16.7. The topological polar surface area (TPSA) is 164 Å². The lowest BCUT2D eigenvalue weighted by molar-refractivity contribution is -0.318. The number of hydrogen-bond acceptors (Lipinski definition) is 11. The van der Waals surface area contributed by atoms with Gasteiger partial charge >= 0.3 is 5.97 Å². The summed E-state index contributed by atoms with van der Waals surface area (Å²) in [6.07, 6.45) is 2.09. The SMILES string of the molecule is CC1O[C@@H](O[C@@H]2C(C)O[C@@H](O[C@H]3CC[C@@]4(C)[C@H](CC[C@@H]5[C@@H]4C[C@@H](O)[C@]4(C)[C@@H](C6=CC(=O)OC6)CC[C@]54O)C3)C[C@H]2O)C[C@@H](O)[C@@H]1O. The van der Waals surface area contributed by atoms with Crippen LogP contribution in [0.5, 0.6) is 0 Å². The molecule has 46 heavy (non-hydrogen) atoms. The largest absolute Gasteiger partial charge is 0.458 e. The second-order valence-electron chi connectivity index (χ2n) is 16.1. The summed E-state index contributed by atoms with van der Waals surface area (Å²) in [5, 5.41) is 55.4. The molecule has 6 fully saturated rings. The molecule has 5 N–H and O–H groups in total. The highest BCUT2D eigenvalue weighted by molar-refractivity contribution is 5.85. The van der Waals surface area contributed by atoms with Gasteiger partial charge in [0.2, 0.25) is 0 Å². The molecule has 2 saturated heterocycles. The summed E-state index contributed by atoms with van der Waals surface area (Å²) in [5.41, 5.74) is -0.819. The quantitative estimate of drug-likeness (QED) is 0.219. The molecule has 11 heteroatoms. The third-order valence-electron chi connectivity index (χ3n) is 14.0. The highest BCUT2D eigenvalue weighted by Crippen LogP contribution is 2.70. The number of aliphatic hydroxyl groups is 5. The smallest absolute Gasteiger partial charge is 0.331 e. The molecule has 7 rings (SSSR count). The van der Waals surface area contributed by atoms with E-state index in [1.54, 1.807) is 13.0 Å². The minimum Gasteiger partial charge on any atom is -0.458 e. The van der Waals surface area contributed by atoms with Gasteiger partial charge in [0.05, 0.1) is 42.2 Å². The lowest BCUT2D eigenvalue weighted by Gasteiger charge is -2.65. The minimum absolute atomic E-state index is 0.0137. The Bertz CT molecular complexity index is 1170. The van der Waals surface area contributed by atoms with Crippen LogP contribution in [-0.4, -0.2) is 105 Å². The molecule has 0 aromatic rings. The van der Waals surface area contributed by atoms with Gasteiger partial charge in [0, 0.05) is 24.3 Å². The molecule has 0 aromatic carbocycles. The van der Waals surface area contributed by atoms with E-state index in [4.69, 9.17) is 23.7 Å². The number of hydrogen-bond donors (Lipinski definition) is 5. The summed E-state index contributed by atoms with van der Waals surface area (Å²) >= 11 is 0.